The number of rotatable bonds is 0. The first-order valence-electron chi connectivity index (χ1n) is 5.29. The molecule has 0 aromatic rings. The zero-order valence-corrected chi connectivity index (χ0v) is 7.44. The van der Waals surface area contributed by atoms with Crippen molar-refractivity contribution in [1.29, 1.82) is 0 Å². The van der Waals surface area contributed by atoms with Crippen LogP contribution in [-0.2, 0) is 0 Å². The summed E-state index contributed by atoms with van der Waals surface area (Å²) in [6, 6.07) is 0. The van der Waals surface area contributed by atoms with Crippen LogP contribution in [0.3, 0.4) is 0 Å². The standard InChI is InChI=1S/C11H19/c1-2-4-6-11-8-7-10(9-11)5-3-1/h10H,1-9H2. The first-order valence-corrected chi connectivity index (χ1v) is 5.29. The molecule has 11 heavy (non-hydrogen) atoms. The Labute approximate surface area is 70.4 Å². The van der Waals surface area contributed by atoms with Crippen LogP contribution in [0.25, 0.3) is 0 Å². The van der Waals surface area contributed by atoms with E-state index in [2.05, 4.69) is 0 Å². The lowest BCUT2D eigenvalue weighted by molar-refractivity contribution is 0.476. The molecule has 0 nitrogen and oxygen atoms in total. The van der Waals surface area contributed by atoms with Crippen molar-refractivity contribution in [1.82, 2.24) is 0 Å². The molecule has 0 amide bonds. The van der Waals surface area contributed by atoms with E-state index in [1.807, 2.05) is 5.92 Å². The molecule has 1 atom stereocenters. The molecule has 2 fully saturated rings. The summed E-state index contributed by atoms with van der Waals surface area (Å²) < 4.78 is 0. The van der Waals surface area contributed by atoms with Gasteiger partial charge in [-0.3, -0.25) is 0 Å². The van der Waals surface area contributed by atoms with Gasteiger partial charge in [-0.25, -0.2) is 0 Å². The topological polar surface area (TPSA) is 0 Å². The van der Waals surface area contributed by atoms with Crippen LogP contribution in [0.15, 0.2) is 0 Å². The second-order valence-corrected chi connectivity index (χ2v) is 4.31. The molecule has 0 aliphatic heterocycles. The molecule has 2 bridgehead atoms. The molecule has 2 aliphatic carbocycles. The summed E-state index contributed by atoms with van der Waals surface area (Å²) in [5.74, 6) is 3.00. The highest BCUT2D eigenvalue weighted by atomic mass is 14.3. The number of fused-ring (bicyclic) bond motifs is 2. The molecule has 0 N–H and O–H groups in total. The summed E-state index contributed by atoms with van der Waals surface area (Å²) >= 11 is 0. The van der Waals surface area contributed by atoms with Gasteiger partial charge < -0.3 is 0 Å². The highest BCUT2D eigenvalue weighted by molar-refractivity contribution is 4.98. The third kappa shape index (κ3) is 1.98. The van der Waals surface area contributed by atoms with Crippen LogP contribution in [0.4, 0.5) is 0 Å². The van der Waals surface area contributed by atoms with Gasteiger partial charge in [-0.05, 0) is 37.5 Å². The normalized spacial score (nSPS) is 34.4. The van der Waals surface area contributed by atoms with E-state index in [0.717, 1.165) is 5.92 Å². The molecule has 63 valence electrons. The van der Waals surface area contributed by atoms with Gasteiger partial charge in [-0.15, -0.1) is 0 Å². The summed E-state index contributed by atoms with van der Waals surface area (Å²) in [7, 11) is 0. The van der Waals surface area contributed by atoms with Crippen LogP contribution in [0, 0.1) is 11.8 Å². The van der Waals surface area contributed by atoms with Crippen molar-refractivity contribution < 1.29 is 0 Å². The molecule has 0 aromatic carbocycles. The van der Waals surface area contributed by atoms with E-state index in [4.69, 9.17) is 0 Å². The van der Waals surface area contributed by atoms with Gasteiger partial charge in [0.2, 0.25) is 0 Å². The molecule has 2 rings (SSSR count). The van der Waals surface area contributed by atoms with Crippen molar-refractivity contribution in [3.05, 3.63) is 5.92 Å². The maximum Gasteiger partial charge on any atom is -0.0238 e. The van der Waals surface area contributed by atoms with Crippen LogP contribution < -0.4 is 0 Å². The summed E-state index contributed by atoms with van der Waals surface area (Å²) in [6.07, 6.45) is 13.5. The first-order chi connectivity index (χ1) is 5.45. The van der Waals surface area contributed by atoms with Gasteiger partial charge in [0.15, 0.2) is 0 Å². The van der Waals surface area contributed by atoms with Crippen molar-refractivity contribution in [3.8, 4) is 0 Å². The smallest absolute Gasteiger partial charge is 0.0238 e. The maximum absolute atomic E-state index is 1.90. The fourth-order valence-electron chi connectivity index (χ4n) is 2.66. The minimum absolute atomic E-state index is 1.10. The Morgan fingerprint density at radius 3 is 2.73 bits per heavy atom. The summed E-state index contributed by atoms with van der Waals surface area (Å²) in [5.41, 5.74) is 0. The fourth-order valence-corrected chi connectivity index (χ4v) is 2.66. The predicted octanol–water partition coefficient (Wildman–Crippen LogP) is 3.72. The van der Waals surface area contributed by atoms with Crippen molar-refractivity contribution in [2.75, 3.05) is 0 Å². The van der Waals surface area contributed by atoms with Gasteiger partial charge in [0, 0.05) is 0 Å². The molecule has 0 heterocycles. The Morgan fingerprint density at radius 1 is 0.818 bits per heavy atom. The van der Waals surface area contributed by atoms with E-state index in [1.165, 1.54) is 57.8 Å². The lowest BCUT2D eigenvalue weighted by Gasteiger charge is -2.06. The third-order valence-electron chi connectivity index (χ3n) is 3.38. The molecular weight excluding hydrogens is 132 g/mol. The molecule has 1 unspecified atom stereocenters. The number of hydrogen-bond donors (Lipinski definition) is 0. The summed E-state index contributed by atoms with van der Waals surface area (Å²) in [4.78, 5) is 0. The van der Waals surface area contributed by atoms with Crippen LogP contribution in [-0.4, -0.2) is 0 Å². The van der Waals surface area contributed by atoms with Crippen molar-refractivity contribution in [2.24, 2.45) is 5.92 Å². The van der Waals surface area contributed by atoms with Gasteiger partial charge in [0.25, 0.3) is 0 Å². The average Bonchev–Trinajstić information content (AvgIpc) is 2.49. The SMILES string of the molecule is C1CCCC2CC[C](CC1)C2. The van der Waals surface area contributed by atoms with E-state index >= 15 is 0 Å². The average molecular weight is 151 g/mol. The van der Waals surface area contributed by atoms with Crippen LogP contribution >= 0.6 is 0 Å². The van der Waals surface area contributed by atoms with Crippen molar-refractivity contribution >= 4 is 0 Å². The molecule has 0 aromatic heterocycles. The molecule has 0 spiro atoms. The van der Waals surface area contributed by atoms with Gasteiger partial charge in [0.05, 0.1) is 0 Å². The second kappa shape index (κ2) is 3.60. The molecule has 0 heteroatoms. The van der Waals surface area contributed by atoms with E-state index in [0.29, 0.717) is 0 Å². The van der Waals surface area contributed by atoms with Gasteiger partial charge >= 0.3 is 0 Å². The monoisotopic (exact) mass is 151 g/mol. The van der Waals surface area contributed by atoms with Crippen molar-refractivity contribution in [3.63, 3.8) is 0 Å². The Kier molecular flexibility index (Phi) is 2.50. The van der Waals surface area contributed by atoms with Crippen LogP contribution in [0.1, 0.15) is 57.8 Å². The maximum atomic E-state index is 1.90. The predicted molar refractivity (Wildman–Crippen MR) is 48.3 cm³/mol. The third-order valence-corrected chi connectivity index (χ3v) is 3.38. The minimum atomic E-state index is 1.10. The van der Waals surface area contributed by atoms with Crippen LogP contribution in [0.5, 0.6) is 0 Å². The molecule has 2 aliphatic rings. The highest BCUT2D eigenvalue weighted by Crippen LogP contribution is 2.39. The second-order valence-electron chi connectivity index (χ2n) is 4.31. The lowest BCUT2D eigenvalue weighted by Crippen LogP contribution is -1.93. The number of hydrogen-bond acceptors (Lipinski definition) is 0. The Bertz CT molecular complexity index is 103. The summed E-state index contributed by atoms with van der Waals surface area (Å²) in [6.45, 7) is 0. The largest absolute Gasteiger partial charge is 0.0533 e. The first kappa shape index (κ1) is 7.64. The lowest BCUT2D eigenvalue weighted by atomic mass is 9.99. The van der Waals surface area contributed by atoms with Crippen molar-refractivity contribution in [2.45, 2.75) is 57.8 Å². The highest BCUT2D eigenvalue weighted by Gasteiger charge is 2.24. The molecule has 2 saturated carbocycles. The Hall–Kier alpha value is 0. The van der Waals surface area contributed by atoms with Crippen LogP contribution in [0.2, 0.25) is 0 Å². The van der Waals surface area contributed by atoms with Gasteiger partial charge in [-0.1, -0.05) is 32.1 Å². The Balaban J connectivity index is 1.88. The molecule has 1 radical (unpaired) electrons. The zero-order chi connectivity index (χ0) is 7.52. The van der Waals surface area contributed by atoms with E-state index in [9.17, 15) is 0 Å². The minimum Gasteiger partial charge on any atom is -0.0533 e. The quantitative estimate of drug-likeness (QED) is 0.495. The fraction of sp³-hybridized carbons (Fsp3) is 0.909. The van der Waals surface area contributed by atoms with E-state index in [-0.39, 0.29) is 0 Å². The van der Waals surface area contributed by atoms with Gasteiger partial charge in [-0.2, -0.15) is 0 Å². The molecular formula is C11H19. The summed E-state index contributed by atoms with van der Waals surface area (Å²) in [5, 5.41) is 0. The zero-order valence-electron chi connectivity index (χ0n) is 7.44. The molecule has 0 saturated heterocycles. The van der Waals surface area contributed by atoms with E-state index < -0.39 is 0 Å². The van der Waals surface area contributed by atoms with E-state index in [1.54, 1.807) is 0 Å². The van der Waals surface area contributed by atoms with Gasteiger partial charge in [0.1, 0.15) is 0 Å². The Morgan fingerprint density at radius 2 is 1.73 bits per heavy atom.